The normalized spacial score (nSPS) is 29.6. The van der Waals surface area contributed by atoms with Crippen LogP contribution in [0.15, 0.2) is 24.4 Å². The molecule has 212 valence electrons. The molecule has 2 fully saturated rings. The summed E-state index contributed by atoms with van der Waals surface area (Å²) in [4.78, 5) is 67.7. The minimum absolute atomic E-state index is 0.0312. The predicted molar refractivity (Wildman–Crippen MR) is 145 cm³/mol. The monoisotopic (exact) mass is 549 g/mol. The Bertz CT molecular complexity index is 1470. The number of phenolic OH excluding ortho intramolecular Hbond substituents is 1. The molecule has 1 amide bonds. The zero-order valence-corrected chi connectivity index (χ0v) is 23.2. The number of nitrogens with zero attached hydrogens (tertiary/aromatic N) is 2. The van der Waals surface area contributed by atoms with E-state index in [1.54, 1.807) is 6.92 Å². The fourth-order valence-corrected chi connectivity index (χ4v) is 7.28. The van der Waals surface area contributed by atoms with E-state index in [4.69, 9.17) is 5.73 Å². The van der Waals surface area contributed by atoms with Crippen molar-refractivity contribution >= 4 is 34.7 Å². The molecule has 0 radical (unpaired) electrons. The highest BCUT2D eigenvalue weighted by Gasteiger charge is 2.69. The van der Waals surface area contributed by atoms with Gasteiger partial charge in [-0.25, -0.2) is 0 Å². The van der Waals surface area contributed by atoms with E-state index in [1.807, 2.05) is 55.0 Å². The van der Waals surface area contributed by atoms with Crippen LogP contribution in [-0.4, -0.2) is 63.5 Å². The molecule has 0 saturated heterocycles. The first-order chi connectivity index (χ1) is 18.7. The molecule has 10 heteroatoms. The van der Waals surface area contributed by atoms with Crippen molar-refractivity contribution in [1.82, 2.24) is 4.57 Å². The number of aromatic nitrogens is 1. The van der Waals surface area contributed by atoms with Crippen molar-refractivity contribution < 1.29 is 34.2 Å². The van der Waals surface area contributed by atoms with E-state index in [0.29, 0.717) is 24.0 Å². The Morgan fingerprint density at radius 3 is 2.48 bits per heavy atom. The predicted octanol–water partition coefficient (Wildman–Crippen LogP) is 1.30. The number of rotatable bonds is 6. The third kappa shape index (κ3) is 3.91. The molecular weight excluding hydrogens is 514 g/mol. The minimum Gasteiger partial charge on any atom is -0.507 e. The third-order valence-electron chi connectivity index (χ3n) is 9.29. The van der Waals surface area contributed by atoms with Crippen molar-refractivity contribution in [2.45, 2.75) is 51.0 Å². The van der Waals surface area contributed by atoms with Crippen LogP contribution < -0.4 is 10.6 Å². The molecule has 1 aromatic heterocycles. The molecule has 0 spiro atoms. The van der Waals surface area contributed by atoms with E-state index in [1.165, 1.54) is 0 Å². The van der Waals surface area contributed by atoms with Crippen molar-refractivity contribution in [3.8, 4) is 5.75 Å². The second-order valence-electron chi connectivity index (χ2n) is 12.1. The fourth-order valence-electron chi connectivity index (χ4n) is 7.28. The molecule has 1 aromatic carbocycles. The van der Waals surface area contributed by atoms with Gasteiger partial charge in [0.15, 0.2) is 34.7 Å². The van der Waals surface area contributed by atoms with Gasteiger partial charge in [-0.3, -0.25) is 24.0 Å². The number of ketones is 4. The van der Waals surface area contributed by atoms with Crippen LogP contribution in [0.2, 0.25) is 0 Å². The topological polar surface area (TPSA) is 160 Å². The fraction of sp³-hybridized carbons (Fsp3) is 0.500. The van der Waals surface area contributed by atoms with Crippen molar-refractivity contribution in [2.24, 2.45) is 36.0 Å². The van der Waals surface area contributed by atoms with Gasteiger partial charge in [0.25, 0.3) is 0 Å². The van der Waals surface area contributed by atoms with Crippen LogP contribution in [0.4, 0.5) is 5.69 Å². The van der Waals surface area contributed by atoms with E-state index in [-0.39, 0.29) is 30.6 Å². The summed E-state index contributed by atoms with van der Waals surface area (Å²) in [5.74, 6) is -9.50. The van der Waals surface area contributed by atoms with Crippen molar-refractivity contribution in [2.75, 3.05) is 19.0 Å². The molecule has 4 N–H and O–H groups in total. The molecule has 10 nitrogen and oxygen atoms in total. The average Bonchev–Trinajstić information content (AvgIpc) is 3.26. The maximum Gasteiger partial charge on any atom is 0.235 e. The number of phenols is 1. The van der Waals surface area contributed by atoms with Crippen LogP contribution >= 0.6 is 0 Å². The zero-order chi connectivity index (χ0) is 29.3. The quantitative estimate of drug-likeness (QED) is 0.455. The van der Waals surface area contributed by atoms with Gasteiger partial charge in [-0.1, -0.05) is 6.92 Å². The van der Waals surface area contributed by atoms with Crippen LogP contribution in [0.3, 0.4) is 0 Å². The summed E-state index contributed by atoms with van der Waals surface area (Å²) in [6.45, 7) is 1.75. The highest BCUT2D eigenvalue weighted by molar-refractivity contribution is 6.31. The minimum atomic E-state index is -2.67. The lowest BCUT2D eigenvalue weighted by atomic mass is 9.48. The summed E-state index contributed by atoms with van der Waals surface area (Å²) in [6, 6.07) is 5.87. The van der Waals surface area contributed by atoms with Crippen LogP contribution in [0.1, 0.15) is 53.4 Å². The van der Waals surface area contributed by atoms with E-state index in [9.17, 15) is 34.2 Å². The van der Waals surface area contributed by atoms with E-state index < -0.39 is 57.8 Å². The van der Waals surface area contributed by atoms with Gasteiger partial charge in [0.1, 0.15) is 5.75 Å². The molecule has 3 aliphatic carbocycles. The Labute approximate surface area is 232 Å². The van der Waals surface area contributed by atoms with Crippen LogP contribution in [0.5, 0.6) is 5.75 Å². The zero-order valence-electron chi connectivity index (χ0n) is 23.2. The molecule has 40 heavy (non-hydrogen) atoms. The number of aryl methyl sites for hydroxylation is 3. The van der Waals surface area contributed by atoms with Crippen LogP contribution in [0.25, 0.3) is 0 Å². The Balaban J connectivity index is 1.56. The lowest BCUT2D eigenvalue weighted by molar-refractivity contribution is -0.179. The number of carbonyl (C=O) groups is 5. The number of Topliss-reactive ketones (excluding diaryl/α,β-unsaturated/α-hetero) is 4. The van der Waals surface area contributed by atoms with Gasteiger partial charge in [0.05, 0.1) is 11.5 Å². The van der Waals surface area contributed by atoms with Gasteiger partial charge in [-0.05, 0) is 66.8 Å². The highest BCUT2D eigenvalue weighted by Crippen LogP contribution is 2.57. The SMILES string of the molecule is CN(C)c1cc(CCCc2cccn2C)c(O)c2c1C[C@@]1(C)C[C@H]3CC(=O)C(C(N)=O)C(=O)[C@@]3(O)C(=O)C1C2=O. The van der Waals surface area contributed by atoms with E-state index in [2.05, 4.69) is 0 Å². The Morgan fingerprint density at radius 1 is 1.18 bits per heavy atom. The Kier molecular flexibility index (Phi) is 6.52. The number of aromatic hydroxyl groups is 1. The van der Waals surface area contributed by atoms with Gasteiger partial charge >= 0.3 is 0 Å². The molecule has 5 atom stereocenters. The maximum atomic E-state index is 14.1. The van der Waals surface area contributed by atoms with Gasteiger partial charge in [0.2, 0.25) is 5.91 Å². The van der Waals surface area contributed by atoms with E-state index in [0.717, 1.165) is 17.8 Å². The number of anilines is 1. The summed E-state index contributed by atoms with van der Waals surface area (Å²) in [5, 5.41) is 22.9. The number of carbonyl (C=O) groups excluding carboxylic acids is 5. The molecular formula is C30H35N3O7. The summed E-state index contributed by atoms with van der Waals surface area (Å²) in [7, 11) is 5.64. The summed E-state index contributed by atoms with van der Waals surface area (Å²) in [5.41, 5.74) is 4.67. The number of benzene rings is 1. The number of nitrogens with two attached hydrogens (primary N) is 1. The van der Waals surface area contributed by atoms with E-state index >= 15 is 0 Å². The first kappa shape index (κ1) is 27.8. The molecule has 0 bridgehead atoms. The third-order valence-corrected chi connectivity index (χ3v) is 9.29. The van der Waals surface area contributed by atoms with Crippen molar-refractivity contribution in [3.63, 3.8) is 0 Å². The largest absolute Gasteiger partial charge is 0.507 e. The molecule has 2 aromatic rings. The van der Waals surface area contributed by atoms with Crippen molar-refractivity contribution in [3.05, 3.63) is 46.8 Å². The highest BCUT2D eigenvalue weighted by atomic mass is 16.3. The molecule has 3 aliphatic rings. The van der Waals surface area contributed by atoms with Gasteiger partial charge in [-0.15, -0.1) is 0 Å². The summed E-state index contributed by atoms with van der Waals surface area (Å²) in [6.07, 6.45) is 3.83. The smallest absolute Gasteiger partial charge is 0.235 e. The lowest BCUT2D eigenvalue weighted by Crippen LogP contribution is -2.70. The molecule has 2 saturated carbocycles. The second-order valence-corrected chi connectivity index (χ2v) is 12.1. The van der Waals surface area contributed by atoms with Gasteiger partial charge in [-0.2, -0.15) is 0 Å². The maximum absolute atomic E-state index is 14.1. The van der Waals surface area contributed by atoms with Crippen molar-refractivity contribution in [1.29, 1.82) is 0 Å². The first-order valence-corrected chi connectivity index (χ1v) is 13.5. The Morgan fingerprint density at radius 2 is 1.88 bits per heavy atom. The standard InChI is InChI=1S/C30H35N3O7/c1-29-13-16-12-20(34)22(28(31)39)26(37)30(16,40)27(38)23(29)25(36)21-18(14-29)19(32(2)3)11-15(24(21)35)7-5-8-17-9-6-10-33(17)4/h6,9-11,16,22-23,35,40H,5,7-8,12-14H2,1-4H3,(H2,31,39)/t16-,22?,23?,29-,30-/m1/s1. The number of aliphatic hydroxyl groups is 1. The molecule has 5 rings (SSSR count). The number of hydrogen-bond acceptors (Lipinski definition) is 8. The number of hydrogen-bond donors (Lipinski definition) is 3. The lowest BCUT2D eigenvalue weighted by Gasteiger charge is -2.53. The average molecular weight is 550 g/mol. The number of fused-ring (bicyclic) bond motifs is 3. The first-order valence-electron chi connectivity index (χ1n) is 13.5. The molecule has 1 heterocycles. The summed E-state index contributed by atoms with van der Waals surface area (Å²) >= 11 is 0. The molecule has 0 aliphatic heterocycles. The molecule has 2 unspecified atom stereocenters. The van der Waals surface area contributed by atoms with Crippen LogP contribution in [0, 0.1) is 23.2 Å². The second kappa shape index (κ2) is 9.40. The van der Waals surface area contributed by atoms with Gasteiger partial charge < -0.3 is 25.4 Å². The number of amides is 1. The number of primary amides is 1. The Hall–Kier alpha value is -3.79. The van der Waals surface area contributed by atoms with Crippen LogP contribution in [-0.2, 0) is 45.5 Å². The van der Waals surface area contributed by atoms with Gasteiger partial charge in [0, 0.05) is 51.1 Å². The summed E-state index contributed by atoms with van der Waals surface area (Å²) < 4.78 is 2.03.